The highest BCUT2D eigenvalue weighted by atomic mass is 35.5. The number of benzene rings is 1. The zero-order chi connectivity index (χ0) is 15.0. The molecule has 1 heterocycles. The van der Waals surface area contributed by atoms with Crippen LogP contribution in [0.15, 0.2) is 18.2 Å². The third kappa shape index (κ3) is 2.42. The van der Waals surface area contributed by atoms with Gasteiger partial charge in [-0.05, 0) is 31.0 Å². The number of halogens is 1. The van der Waals surface area contributed by atoms with Crippen LogP contribution in [0.2, 0.25) is 5.02 Å². The van der Waals surface area contributed by atoms with E-state index < -0.39 is 5.41 Å². The van der Waals surface area contributed by atoms with Gasteiger partial charge in [-0.15, -0.1) is 0 Å². The van der Waals surface area contributed by atoms with E-state index in [0.29, 0.717) is 22.8 Å². The SMILES string of the molecule is Nc1ccc(N2C(=O)CC3(CCCCCC3)C2=O)cc1Cl. The van der Waals surface area contributed by atoms with Crippen molar-refractivity contribution in [3.8, 4) is 0 Å². The van der Waals surface area contributed by atoms with Crippen LogP contribution in [-0.2, 0) is 9.59 Å². The Labute approximate surface area is 129 Å². The molecule has 4 nitrogen and oxygen atoms in total. The molecule has 1 aromatic rings. The molecule has 1 aliphatic carbocycles. The number of nitrogen functional groups attached to an aromatic ring is 1. The van der Waals surface area contributed by atoms with Crippen LogP contribution in [0.25, 0.3) is 0 Å². The van der Waals surface area contributed by atoms with Gasteiger partial charge in [-0.3, -0.25) is 14.5 Å². The van der Waals surface area contributed by atoms with E-state index in [9.17, 15) is 9.59 Å². The summed E-state index contributed by atoms with van der Waals surface area (Å²) in [7, 11) is 0. The lowest BCUT2D eigenvalue weighted by atomic mass is 9.79. The molecule has 0 bridgehead atoms. The molecule has 1 spiro atoms. The minimum Gasteiger partial charge on any atom is -0.398 e. The molecule has 1 saturated carbocycles. The molecule has 112 valence electrons. The largest absolute Gasteiger partial charge is 0.398 e. The first kappa shape index (κ1) is 14.4. The van der Waals surface area contributed by atoms with Gasteiger partial charge in [0.15, 0.2) is 0 Å². The van der Waals surface area contributed by atoms with E-state index in [0.717, 1.165) is 38.5 Å². The van der Waals surface area contributed by atoms with E-state index in [1.807, 2.05) is 0 Å². The van der Waals surface area contributed by atoms with Crippen molar-refractivity contribution in [3.05, 3.63) is 23.2 Å². The monoisotopic (exact) mass is 306 g/mol. The molecular weight excluding hydrogens is 288 g/mol. The van der Waals surface area contributed by atoms with Crippen LogP contribution in [0.5, 0.6) is 0 Å². The number of nitrogens with two attached hydrogens (primary N) is 1. The van der Waals surface area contributed by atoms with E-state index in [4.69, 9.17) is 17.3 Å². The molecule has 0 radical (unpaired) electrons. The molecule has 1 aromatic carbocycles. The zero-order valence-corrected chi connectivity index (χ0v) is 12.7. The van der Waals surface area contributed by atoms with E-state index in [1.54, 1.807) is 18.2 Å². The number of amides is 2. The Morgan fingerprint density at radius 1 is 1.10 bits per heavy atom. The molecule has 2 aliphatic rings. The van der Waals surface area contributed by atoms with Crippen molar-refractivity contribution >= 4 is 34.8 Å². The number of imide groups is 1. The Balaban J connectivity index is 1.94. The predicted octanol–water partition coefficient (Wildman–Crippen LogP) is 3.53. The molecule has 21 heavy (non-hydrogen) atoms. The van der Waals surface area contributed by atoms with Crippen LogP contribution in [0, 0.1) is 5.41 Å². The third-order valence-corrected chi connectivity index (χ3v) is 5.03. The van der Waals surface area contributed by atoms with Gasteiger partial charge in [-0.25, -0.2) is 0 Å². The van der Waals surface area contributed by atoms with Gasteiger partial charge < -0.3 is 5.73 Å². The fraction of sp³-hybridized carbons (Fsp3) is 0.500. The number of hydrogen-bond donors (Lipinski definition) is 1. The average molecular weight is 307 g/mol. The van der Waals surface area contributed by atoms with Crippen LogP contribution in [0.4, 0.5) is 11.4 Å². The van der Waals surface area contributed by atoms with Gasteiger partial charge in [0.05, 0.1) is 21.8 Å². The van der Waals surface area contributed by atoms with Gasteiger partial charge in [0.25, 0.3) is 0 Å². The second kappa shape index (κ2) is 5.34. The standard InChI is InChI=1S/C16H19ClN2O2/c17-12-9-11(5-6-13(12)18)19-14(20)10-16(15(19)21)7-3-1-2-4-8-16/h5-6,9H,1-4,7-8,10,18H2. The second-order valence-corrected chi connectivity index (χ2v) is 6.52. The van der Waals surface area contributed by atoms with Gasteiger partial charge in [0.1, 0.15) is 0 Å². The van der Waals surface area contributed by atoms with Crippen LogP contribution in [0.3, 0.4) is 0 Å². The lowest BCUT2D eigenvalue weighted by Gasteiger charge is -2.25. The fourth-order valence-electron chi connectivity index (χ4n) is 3.51. The zero-order valence-electron chi connectivity index (χ0n) is 11.9. The first-order valence-corrected chi connectivity index (χ1v) is 7.84. The quantitative estimate of drug-likeness (QED) is 0.637. The average Bonchev–Trinajstić information content (AvgIpc) is 2.61. The molecule has 3 rings (SSSR count). The summed E-state index contributed by atoms with van der Waals surface area (Å²) in [5.41, 5.74) is 6.19. The molecule has 0 unspecified atom stereocenters. The number of rotatable bonds is 1. The summed E-state index contributed by atoms with van der Waals surface area (Å²) < 4.78 is 0. The molecule has 2 amide bonds. The molecule has 2 N–H and O–H groups in total. The molecule has 1 saturated heterocycles. The van der Waals surface area contributed by atoms with Crippen LogP contribution in [-0.4, -0.2) is 11.8 Å². The first-order chi connectivity index (χ1) is 10.0. The summed E-state index contributed by atoms with van der Waals surface area (Å²) in [4.78, 5) is 26.6. The summed E-state index contributed by atoms with van der Waals surface area (Å²) in [6.07, 6.45) is 6.31. The molecule has 1 aliphatic heterocycles. The minimum atomic E-state index is -0.485. The van der Waals surface area contributed by atoms with E-state index >= 15 is 0 Å². The second-order valence-electron chi connectivity index (χ2n) is 6.11. The highest BCUT2D eigenvalue weighted by Gasteiger charge is 2.51. The van der Waals surface area contributed by atoms with Crippen molar-refractivity contribution in [2.45, 2.75) is 44.9 Å². The number of nitrogens with zero attached hydrogens (tertiary/aromatic N) is 1. The Morgan fingerprint density at radius 3 is 2.38 bits per heavy atom. The van der Waals surface area contributed by atoms with Crippen molar-refractivity contribution in [2.75, 3.05) is 10.6 Å². The summed E-state index contributed by atoms with van der Waals surface area (Å²) in [6, 6.07) is 4.92. The van der Waals surface area contributed by atoms with Gasteiger partial charge in [0.2, 0.25) is 11.8 Å². The van der Waals surface area contributed by atoms with Crippen molar-refractivity contribution in [2.24, 2.45) is 5.41 Å². The van der Waals surface area contributed by atoms with Gasteiger partial charge in [-0.2, -0.15) is 0 Å². The van der Waals surface area contributed by atoms with Crippen LogP contribution >= 0.6 is 11.6 Å². The maximum absolute atomic E-state index is 12.9. The highest BCUT2D eigenvalue weighted by Crippen LogP contribution is 2.46. The van der Waals surface area contributed by atoms with Crippen molar-refractivity contribution in [1.29, 1.82) is 0 Å². The van der Waals surface area contributed by atoms with E-state index in [2.05, 4.69) is 0 Å². The number of carbonyl (C=O) groups excluding carboxylic acids is 2. The third-order valence-electron chi connectivity index (χ3n) is 4.70. The van der Waals surface area contributed by atoms with Gasteiger partial charge in [-0.1, -0.05) is 37.3 Å². The van der Waals surface area contributed by atoms with Crippen molar-refractivity contribution in [3.63, 3.8) is 0 Å². The maximum atomic E-state index is 12.9. The Kier molecular flexibility index (Phi) is 3.66. The van der Waals surface area contributed by atoms with E-state index in [1.165, 1.54) is 4.90 Å². The van der Waals surface area contributed by atoms with Crippen LogP contribution in [0.1, 0.15) is 44.9 Å². The summed E-state index contributed by atoms with van der Waals surface area (Å²) in [6.45, 7) is 0. The van der Waals surface area contributed by atoms with Gasteiger partial charge in [0, 0.05) is 6.42 Å². The van der Waals surface area contributed by atoms with Crippen molar-refractivity contribution < 1.29 is 9.59 Å². The molecule has 0 atom stereocenters. The maximum Gasteiger partial charge on any atom is 0.240 e. The van der Waals surface area contributed by atoms with Crippen LogP contribution < -0.4 is 10.6 Å². The Morgan fingerprint density at radius 2 is 1.76 bits per heavy atom. The highest BCUT2D eigenvalue weighted by molar-refractivity contribution is 6.33. The number of hydrogen-bond acceptors (Lipinski definition) is 3. The molecule has 5 heteroatoms. The first-order valence-electron chi connectivity index (χ1n) is 7.46. The number of carbonyl (C=O) groups is 2. The summed E-state index contributed by atoms with van der Waals surface area (Å²) >= 11 is 6.02. The fourth-order valence-corrected chi connectivity index (χ4v) is 3.68. The summed E-state index contributed by atoms with van der Waals surface area (Å²) in [5.74, 6) is -0.182. The Bertz CT molecular complexity index is 592. The van der Waals surface area contributed by atoms with Crippen molar-refractivity contribution in [1.82, 2.24) is 0 Å². The summed E-state index contributed by atoms with van der Waals surface area (Å²) in [5, 5.41) is 0.370. The smallest absolute Gasteiger partial charge is 0.240 e. The minimum absolute atomic E-state index is 0.0600. The molecular formula is C16H19ClN2O2. The normalized spacial score (nSPS) is 21.9. The lowest BCUT2D eigenvalue weighted by Crippen LogP contribution is -2.35. The molecule has 2 fully saturated rings. The molecule has 0 aromatic heterocycles. The lowest BCUT2D eigenvalue weighted by molar-refractivity contribution is -0.126. The van der Waals surface area contributed by atoms with E-state index in [-0.39, 0.29) is 11.8 Å². The van der Waals surface area contributed by atoms with Gasteiger partial charge >= 0.3 is 0 Å². The predicted molar refractivity (Wildman–Crippen MR) is 83.1 cm³/mol. The number of anilines is 2. The topological polar surface area (TPSA) is 63.4 Å². The Hall–Kier alpha value is -1.55.